The second-order valence-electron chi connectivity index (χ2n) is 5.10. The van der Waals surface area contributed by atoms with E-state index in [1.807, 2.05) is 18.2 Å². The molecule has 0 aromatic carbocycles. The largest absolute Gasteiger partial charge is 0.355 e. The van der Waals surface area contributed by atoms with Crippen LogP contribution in [-0.2, 0) is 13.0 Å². The summed E-state index contributed by atoms with van der Waals surface area (Å²) in [6.07, 6.45) is 2.65. The van der Waals surface area contributed by atoms with Gasteiger partial charge in [-0.25, -0.2) is 9.97 Å². The van der Waals surface area contributed by atoms with Crippen molar-refractivity contribution in [1.29, 1.82) is 0 Å². The smallest absolute Gasteiger partial charge is 0.180 e. The Labute approximate surface area is 134 Å². The van der Waals surface area contributed by atoms with Gasteiger partial charge in [-0.05, 0) is 40.9 Å². The van der Waals surface area contributed by atoms with Gasteiger partial charge >= 0.3 is 0 Å². The van der Waals surface area contributed by atoms with Crippen LogP contribution in [0, 0.1) is 0 Å². The summed E-state index contributed by atoms with van der Waals surface area (Å²) >= 11 is 1.72. The van der Waals surface area contributed by atoms with Gasteiger partial charge in [-0.15, -0.1) is 0 Å². The quantitative estimate of drug-likeness (QED) is 0.719. The maximum Gasteiger partial charge on any atom is 0.180 e. The minimum Gasteiger partial charge on any atom is -0.355 e. The molecule has 112 valence electrons. The van der Waals surface area contributed by atoms with Crippen LogP contribution in [0.2, 0.25) is 0 Å². The molecule has 0 unspecified atom stereocenters. The molecular formula is C17H18N4S. The van der Waals surface area contributed by atoms with E-state index in [2.05, 4.69) is 56.7 Å². The van der Waals surface area contributed by atoms with Crippen LogP contribution in [0.15, 0.2) is 47.3 Å². The summed E-state index contributed by atoms with van der Waals surface area (Å²) in [4.78, 5) is 15.8. The molecule has 0 fully saturated rings. The average Bonchev–Trinajstić information content (AvgIpc) is 3.08. The number of hydrogen-bond donors (Lipinski definition) is 0. The number of rotatable bonds is 5. The number of aryl methyl sites for hydroxylation is 1. The van der Waals surface area contributed by atoms with Crippen LogP contribution in [0.25, 0.3) is 11.5 Å². The molecular weight excluding hydrogens is 292 g/mol. The van der Waals surface area contributed by atoms with Crippen LogP contribution < -0.4 is 4.90 Å². The van der Waals surface area contributed by atoms with E-state index < -0.39 is 0 Å². The fraction of sp³-hybridized carbons (Fsp3) is 0.235. The first-order chi connectivity index (χ1) is 10.8. The number of anilines is 1. The lowest BCUT2D eigenvalue weighted by atomic mass is 10.2. The van der Waals surface area contributed by atoms with Gasteiger partial charge in [-0.2, -0.15) is 11.3 Å². The van der Waals surface area contributed by atoms with Crippen molar-refractivity contribution in [2.75, 3.05) is 11.9 Å². The van der Waals surface area contributed by atoms with E-state index in [0.29, 0.717) is 5.82 Å². The minimum atomic E-state index is 0.687. The van der Waals surface area contributed by atoms with Gasteiger partial charge in [0.05, 0.1) is 0 Å². The molecule has 0 aliphatic heterocycles. The molecule has 4 nitrogen and oxygen atoms in total. The highest BCUT2D eigenvalue weighted by Crippen LogP contribution is 2.20. The van der Waals surface area contributed by atoms with Crippen molar-refractivity contribution in [2.45, 2.75) is 19.9 Å². The first-order valence-electron chi connectivity index (χ1n) is 7.28. The Morgan fingerprint density at radius 3 is 2.77 bits per heavy atom. The van der Waals surface area contributed by atoms with E-state index in [0.717, 1.165) is 30.2 Å². The molecule has 3 heterocycles. The number of nitrogens with zero attached hydrogens (tertiary/aromatic N) is 4. The summed E-state index contributed by atoms with van der Waals surface area (Å²) in [5.41, 5.74) is 3.13. The lowest BCUT2D eigenvalue weighted by Gasteiger charge is -2.19. The molecule has 0 spiro atoms. The molecule has 0 bridgehead atoms. The number of pyridine rings is 1. The van der Waals surface area contributed by atoms with Gasteiger partial charge < -0.3 is 4.90 Å². The standard InChI is InChI=1S/C17H18N4S/c1-3-14-10-16(21(2)11-13-7-9-22-12-13)20-17(19-14)15-6-4-5-8-18-15/h4-10,12H,3,11H2,1-2H3. The minimum absolute atomic E-state index is 0.687. The van der Waals surface area contributed by atoms with Crippen molar-refractivity contribution in [2.24, 2.45) is 0 Å². The lowest BCUT2D eigenvalue weighted by Crippen LogP contribution is -2.18. The summed E-state index contributed by atoms with van der Waals surface area (Å²) in [5, 5.41) is 4.26. The first kappa shape index (κ1) is 14.7. The molecule has 0 N–H and O–H groups in total. The number of aromatic nitrogens is 3. The zero-order valence-corrected chi connectivity index (χ0v) is 13.5. The van der Waals surface area contributed by atoms with Crippen molar-refractivity contribution >= 4 is 17.2 Å². The molecule has 3 aromatic rings. The zero-order valence-electron chi connectivity index (χ0n) is 12.7. The van der Waals surface area contributed by atoms with Gasteiger partial charge in [0.1, 0.15) is 11.5 Å². The molecule has 3 rings (SSSR count). The Balaban J connectivity index is 1.93. The third-order valence-electron chi connectivity index (χ3n) is 3.41. The molecule has 5 heteroatoms. The average molecular weight is 310 g/mol. The molecule has 22 heavy (non-hydrogen) atoms. The van der Waals surface area contributed by atoms with Gasteiger partial charge in [-0.3, -0.25) is 4.98 Å². The molecule has 0 atom stereocenters. The van der Waals surface area contributed by atoms with Crippen LogP contribution in [0.5, 0.6) is 0 Å². The van der Waals surface area contributed by atoms with Crippen molar-refractivity contribution < 1.29 is 0 Å². The second-order valence-corrected chi connectivity index (χ2v) is 5.88. The fourth-order valence-corrected chi connectivity index (χ4v) is 2.87. The van der Waals surface area contributed by atoms with Crippen LogP contribution in [-0.4, -0.2) is 22.0 Å². The van der Waals surface area contributed by atoms with E-state index in [1.165, 1.54) is 5.56 Å². The van der Waals surface area contributed by atoms with Gasteiger partial charge in [-0.1, -0.05) is 13.0 Å². The summed E-state index contributed by atoms with van der Waals surface area (Å²) in [7, 11) is 2.06. The number of thiophene rings is 1. The summed E-state index contributed by atoms with van der Waals surface area (Å²) < 4.78 is 0. The summed E-state index contributed by atoms with van der Waals surface area (Å²) in [6, 6.07) is 9.99. The van der Waals surface area contributed by atoms with Gasteiger partial charge in [0.2, 0.25) is 0 Å². The highest BCUT2D eigenvalue weighted by Gasteiger charge is 2.10. The highest BCUT2D eigenvalue weighted by atomic mass is 32.1. The Kier molecular flexibility index (Phi) is 4.44. The predicted molar refractivity (Wildman–Crippen MR) is 91.1 cm³/mol. The van der Waals surface area contributed by atoms with Gasteiger partial charge in [0, 0.05) is 31.5 Å². The zero-order chi connectivity index (χ0) is 15.4. The third kappa shape index (κ3) is 3.31. The van der Waals surface area contributed by atoms with E-state index in [9.17, 15) is 0 Å². The third-order valence-corrected chi connectivity index (χ3v) is 4.14. The van der Waals surface area contributed by atoms with Crippen molar-refractivity contribution in [1.82, 2.24) is 15.0 Å². The van der Waals surface area contributed by atoms with E-state index in [4.69, 9.17) is 0 Å². The molecule has 0 radical (unpaired) electrons. The lowest BCUT2D eigenvalue weighted by molar-refractivity contribution is 0.882. The van der Waals surface area contributed by atoms with E-state index in [-0.39, 0.29) is 0 Å². The van der Waals surface area contributed by atoms with Crippen molar-refractivity contribution in [3.63, 3.8) is 0 Å². The Morgan fingerprint density at radius 2 is 2.09 bits per heavy atom. The highest BCUT2D eigenvalue weighted by molar-refractivity contribution is 7.07. The Morgan fingerprint density at radius 1 is 1.18 bits per heavy atom. The maximum absolute atomic E-state index is 4.69. The summed E-state index contributed by atoms with van der Waals surface area (Å²) in [6.45, 7) is 2.94. The van der Waals surface area contributed by atoms with Crippen LogP contribution in [0.4, 0.5) is 5.82 Å². The van der Waals surface area contributed by atoms with Crippen molar-refractivity contribution in [3.8, 4) is 11.5 Å². The Bertz CT molecular complexity index is 726. The SMILES string of the molecule is CCc1cc(N(C)Cc2ccsc2)nc(-c2ccccn2)n1. The molecule has 0 aliphatic carbocycles. The van der Waals surface area contributed by atoms with Crippen LogP contribution in [0.1, 0.15) is 18.2 Å². The first-order valence-corrected chi connectivity index (χ1v) is 8.22. The summed E-state index contributed by atoms with van der Waals surface area (Å²) in [5.74, 6) is 1.62. The molecule has 0 saturated heterocycles. The molecule has 0 aliphatic rings. The van der Waals surface area contributed by atoms with Gasteiger partial charge in [0.25, 0.3) is 0 Å². The van der Waals surface area contributed by atoms with Crippen LogP contribution in [0.3, 0.4) is 0 Å². The topological polar surface area (TPSA) is 41.9 Å². The van der Waals surface area contributed by atoms with Crippen LogP contribution >= 0.6 is 11.3 Å². The predicted octanol–water partition coefficient (Wildman–Crippen LogP) is 3.80. The molecule has 0 saturated carbocycles. The molecule has 3 aromatic heterocycles. The monoisotopic (exact) mass is 310 g/mol. The normalized spacial score (nSPS) is 10.6. The van der Waals surface area contributed by atoms with Crippen molar-refractivity contribution in [3.05, 3.63) is 58.5 Å². The van der Waals surface area contributed by atoms with Gasteiger partial charge in [0.15, 0.2) is 5.82 Å². The second kappa shape index (κ2) is 6.66. The molecule has 0 amide bonds. The fourth-order valence-electron chi connectivity index (χ4n) is 2.21. The number of hydrogen-bond acceptors (Lipinski definition) is 5. The maximum atomic E-state index is 4.69. The Hall–Kier alpha value is -2.27. The van der Waals surface area contributed by atoms with E-state index in [1.54, 1.807) is 17.5 Å². The van der Waals surface area contributed by atoms with E-state index >= 15 is 0 Å².